The number of methoxy groups -OCH3 is 1. The maximum atomic E-state index is 10.7. The van der Waals surface area contributed by atoms with E-state index in [0.717, 1.165) is 11.5 Å². The highest BCUT2D eigenvalue weighted by Gasteiger charge is 2.17. The highest BCUT2D eigenvalue weighted by Crippen LogP contribution is 2.32. The molecule has 1 rings (SSSR count). The molecule has 0 aliphatic carbocycles. The van der Waals surface area contributed by atoms with Crippen LogP contribution in [-0.4, -0.2) is 19.9 Å². The van der Waals surface area contributed by atoms with E-state index in [2.05, 4.69) is 4.37 Å². The molecule has 0 unspecified atom stereocenters. The third-order valence-corrected chi connectivity index (χ3v) is 3.64. The quantitative estimate of drug-likeness (QED) is 0.780. The van der Waals surface area contributed by atoms with Crippen LogP contribution < -0.4 is 4.74 Å². The summed E-state index contributed by atoms with van der Waals surface area (Å²) in [6.07, 6.45) is 0. The fourth-order valence-corrected chi connectivity index (χ4v) is 3.27. The van der Waals surface area contributed by atoms with Crippen molar-refractivity contribution in [2.24, 2.45) is 0 Å². The number of aromatic nitrogens is 1. The lowest BCUT2D eigenvalue weighted by atomic mass is 10.5. The van der Waals surface area contributed by atoms with Crippen molar-refractivity contribution in [2.75, 3.05) is 7.11 Å². The first kappa shape index (κ1) is 11.0. The lowest BCUT2D eigenvalue weighted by molar-refractivity contribution is 0.403. The van der Waals surface area contributed by atoms with Gasteiger partial charge in [0.15, 0.2) is 0 Å². The minimum Gasteiger partial charge on any atom is -0.479 e. The highest BCUT2D eigenvalue weighted by molar-refractivity contribution is 8.13. The Balaban J connectivity index is 2.97. The number of hydrogen-bond donors (Lipinski definition) is 0. The summed E-state index contributed by atoms with van der Waals surface area (Å²) in [6, 6.07) is 0. The molecule has 0 aromatic carbocycles. The van der Waals surface area contributed by atoms with Gasteiger partial charge < -0.3 is 4.74 Å². The average molecular weight is 262 g/mol. The standard InChI is InChI=1S/C5H5Cl2NO3S2/c1-11-5-4(6)3(12-8-5)2-13(7,9)10/h2H2,1H3. The molecule has 1 aromatic rings. The molecule has 0 radical (unpaired) electrons. The van der Waals surface area contributed by atoms with Gasteiger partial charge in [0, 0.05) is 10.7 Å². The first-order chi connectivity index (χ1) is 5.94. The van der Waals surface area contributed by atoms with Crippen molar-refractivity contribution in [1.29, 1.82) is 0 Å². The van der Waals surface area contributed by atoms with Crippen molar-refractivity contribution in [2.45, 2.75) is 5.75 Å². The van der Waals surface area contributed by atoms with Crippen molar-refractivity contribution >= 4 is 42.9 Å². The molecule has 0 amide bonds. The van der Waals surface area contributed by atoms with Gasteiger partial charge in [-0.05, 0) is 11.5 Å². The maximum Gasteiger partial charge on any atom is 0.244 e. The monoisotopic (exact) mass is 261 g/mol. The third-order valence-electron chi connectivity index (χ3n) is 1.17. The minimum absolute atomic E-state index is 0.205. The summed E-state index contributed by atoms with van der Waals surface area (Å²) in [7, 11) is 2.85. The van der Waals surface area contributed by atoms with E-state index in [4.69, 9.17) is 27.0 Å². The fraction of sp³-hybridized carbons (Fsp3) is 0.400. The molecule has 0 bridgehead atoms. The van der Waals surface area contributed by atoms with Gasteiger partial charge in [-0.25, -0.2) is 8.42 Å². The molecule has 8 heteroatoms. The predicted octanol–water partition coefficient (Wildman–Crippen LogP) is 1.87. The molecule has 1 heterocycles. The summed E-state index contributed by atoms with van der Waals surface area (Å²) >= 11 is 6.69. The normalized spacial score (nSPS) is 11.6. The molecule has 0 atom stereocenters. The van der Waals surface area contributed by atoms with Crippen molar-refractivity contribution in [1.82, 2.24) is 4.37 Å². The van der Waals surface area contributed by atoms with Gasteiger partial charge >= 0.3 is 0 Å². The van der Waals surface area contributed by atoms with Crippen LogP contribution in [0.3, 0.4) is 0 Å². The molecular formula is C5H5Cl2NO3S2. The van der Waals surface area contributed by atoms with Crippen LogP contribution in [0.15, 0.2) is 0 Å². The molecule has 0 N–H and O–H groups in total. The van der Waals surface area contributed by atoms with Crippen LogP contribution in [0, 0.1) is 0 Å². The van der Waals surface area contributed by atoms with Crippen molar-refractivity contribution in [3.8, 4) is 5.88 Å². The molecule has 4 nitrogen and oxygen atoms in total. The zero-order chi connectivity index (χ0) is 10.1. The second kappa shape index (κ2) is 4.00. The lowest BCUT2D eigenvalue weighted by Gasteiger charge is -1.94. The Morgan fingerprint density at radius 2 is 2.23 bits per heavy atom. The van der Waals surface area contributed by atoms with Gasteiger partial charge in [0.05, 0.1) is 12.0 Å². The predicted molar refractivity (Wildman–Crippen MR) is 52.2 cm³/mol. The number of nitrogens with zero attached hydrogens (tertiary/aromatic N) is 1. The van der Waals surface area contributed by atoms with Crippen LogP contribution in [0.4, 0.5) is 0 Å². The summed E-state index contributed by atoms with van der Waals surface area (Å²) in [5, 5.41) is 0.205. The van der Waals surface area contributed by atoms with E-state index in [1.807, 2.05) is 0 Å². The Labute approximate surface area is 89.0 Å². The summed E-state index contributed by atoms with van der Waals surface area (Å²) < 4.78 is 29.9. The summed E-state index contributed by atoms with van der Waals surface area (Å²) in [4.78, 5) is 0.383. The van der Waals surface area contributed by atoms with E-state index in [1.165, 1.54) is 7.11 Å². The second-order valence-electron chi connectivity index (χ2n) is 2.11. The second-order valence-corrected chi connectivity index (χ2v) is 6.13. The average Bonchev–Trinajstić information content (AvgIpc) is 2.30. The van der Waals surface area contributed by atoms with E-state index in [-0.39, 0.29) is 16.7 Å². The largest absolute Gasteiger partial charge is 0.479 e. The van der Waals surface area contributed by atoms with Gasteiger partial charge in [-0.15, -0.1) is 0 Å². The van der Waals surface area contributed by atoms with Gasteiger partial charge in [-0.1, -0.05) is 11.6 Å². The zero-order valence-corrected chi connectivity index (χ0v) is 9.60. The molecule has 0 spiro atoms. The number of rotatable bonds is 3. The maximum absolute atomic E-state index is 10.7. The molecule has 13 heavy (non-hydrogen) atoms. The fourth-order valence-electron chi connectivity index (χ4n) is 0.669. The van der Waals surface area contributed by atoms with E-state index in [0.29, 0.717) is 4.88 Å². The Kier molecular flexibility index (Phi) is 3.39. The van der Waals surface area contributed by atoms with Crippen molar-refractivity contribution < 1.29 is 13.2 Å². The lowest BCUT2D eigenvalue weighted by Crippen LogP contribution is -1.92. The zero-order valence-electron chi connectivity index (χ0n) is 6.45. The van der Waals surface area contributed by atoms with Gasteiger partial charge in [-0.3, -0.25) is 0 Å². The van der Waals surface area contributed by atoms with E-state index in [9.17, 15) is 8.42 Å². The molecule has 1 aromatic heterocycles. The summed E-state index contributed by atoms with van der Waals surface area (Å²) in [5.74, 6) is -0.101. The SMILES string of the molecule is COc1nsc(CS(=O)(=O)Cl)c1Cl. The summed E-state index contributed by atoms with van der Waals surface area (Å²) in [5.41, 5.74) is 0. The molecular weight excluding hydrogens is 257 g/mol. The minimum atomic E-state index is -3.59. The Hall–Kier alpha value is -0.0400. The first-order valence-corrected chi connectivity index (χ1v) is 6.67. The van der Waals surface area contributed by atoms with Crippen LogP contribution in [0.1, 0.15) is 4.88 Å². The van der Waals surface area contributed by atoms with Crippen molar-refractivity contribution in [3.05, 3.63) is 9.90 Å². The number of hydrogen-bond acceptors (Lipinski definition) is 5. The van der Waals surface area contributed by atoms with Crippen LogP contribution in [0.5, 0.6) is 5.88 Å². The molecule has 0 aliphatic rings. The van der Waals surface area contributed by atoms with Gasteiger partial charge in [0.2, 0.25) is 14.9 Å². The van der Waals surface area contributed by atoms with E-state index in [1.54, 1.807) is 0 Å². The van der Waals surface area contributed by atoms with Gasteiger partial charge in [0.1, 0.15) is 10.8 Å². The van der Waals surface area contributed by atoms with Gasteiger partial charge in [0.25, 0.3) is 0 Å². The van der Waals surface area contributed by atoms with Crippen LogP contribution in [-0.2, 0) is 14.8 Å². The Bertz CT molecular complexity index is 400. The Morgan fingerprint density at radius 3 is 2.62 bits per heavy atom. The molecule has 0 fully saturated rings. The Morgan fingerprint density at radius 1 is 1.62 bits per heavy atom. The molecule has 0 saturated heterocycles. The van der Waals surface area contributed by atoms with Crippen molar-refractivity contribution in [3.63, 3.8) is 0 Å². The first-order valence-electron chi connectivity index (χ1n) is 3.04. The molecule has 0 aliphatic heterocycles. The number of ether oxygens (including phenoxy) is 1. The van der Waals surface area contributed by atoms with Crippen LogP contribution >= 0.6 is 33.8 Å². The smallest absolute Gasteiger partial charge is 0.244 e. The van der Waals surface area contributed by atoms with E-state index < -0.39 is 9.05 Å². The third kappa shape index (κ3) is 2.98. The topological polar surface area (TPSA) is 56.3 Å². The summed E-state index contributed by atoms with van der Waals surface area (Å²) in [6.45, 7) is 0. The van der Waals surface area contributed by atoms with Crippen LogP contribution in [0.2, 0.25) is 5.02 Å². The van der Waals surface area contributed by atoms with Crippen LogP contribution in [0.25, 0.3) is 0 Å². The van der Waals surface area contributed by atoms with E-state index >= 15 is 0 Å². The highest BCUT2D eigenvalue weighted by atomic mass is 35.7. The number of halogens is 2. The molecule has 74 valence electrons. The van der Waals surface area contributed by atoms with Gasteiger partial charge in [-0.2, -0.15) is 4.37 Å². The molecule has 0 saturated carbocycles.